The number of likely N-dealkylation sites (N-methyl/N-ethyl adjacent to an activating group) is 1. The van der Waals surface area contributed by atoms with Crippen LogP contribution in [0.3, 0.4) is 0 Å². The number of nitrogens with zero attached hydrogens (tertiary/aromatic N) is 2. The van der Waals surface area contributed by atoms with Crippen LogP contribution in [0.1, 0.15) is 31.9 Å². The Morgan fingerprint density at radius 2 is 2.15 bits per heavy atom. The lowest BCUT2D eigenvalue weighted by Gasteiger charge is -2.40. The van der Waals surface area contributed by atoms with Crippen molar-refractivity contribution in [3.05, 3.63) is 28.2 Å². The summed E-state index contributed by atoms with van der Waals surface area (Å²) in [4.78, 5) is 4.98. The van der Waals surface area contributed by atoms with Gasteiger partial charge in [-0.3, -0.25) is 4.90 Å². The number of anilines is 1. The van der Waals surface area contributed by atoms with E-state index in [1.807, 2.05) is 7.05 Å². The van der Waals surface area contributed by atoms with E-state index >= 15 is 0 Å². The summed E-state index contributed by atoms with van der Waals surface area (Å²) in [5.74, 6) is 0. The van der Waals surface area contributed by atoms with Crippen molar-refractivity contribution in [1.82, 2.24) is 10.2 Å². The first-order chi connectivity index (χ1) is 9.56. The third-order valence-electron chi connectivity index (χ3n) is 4.49. The van der Waals surface area contributed by atoms with Gasteiger partial charge >= 0.3 is 0 Å². The summed E-state index contributed by atoms with van der Waals surface area (Å²) in [5, 5.41) is 3.29. The standard InChI is InChI=1S/C16H26BrN3/c1-5-14-11-20(9-8-19(14)4)16-7-6-13(10-15(16)17)12(2)18-3/h6-7,10,12,14,18H,5,8-9,11H2,1-4H3. The average Bonchev–Trinajstić information content (AvgIpc) is 2.47. The topological polar surface area (TPSA) is 18.5 Å². The van der Waals surface area contributed by atoms with Crippen molar-refractivity contribution >= 4 is 21.6 Å². The molecule has 3 nitrogen and oxygen atoms in total. The normalized spacial score (nSPS) is 22.1. The Kier molecular flexibility index (Phi) is 5.47. The van der Waals surface area contributed by atoms with Crippen LogP contribution < -0.4 is 10.2 Å². The number of piperazine rings is 1. The zero-order chi connectivity index (χ0) is 14.7. The molecule has 2 atom stereocenters. The Bertz CT molecular complexity index is 449. The highest BCUT2D eigenvalue weighted by Gasteiger charge is 2.24. The molecule has 0 saturated carbocycles. The molecular formula is C16H26BrN3. The molecule has 2 rings (SSSR count). The number of hydrogen-bond donors (Lipinski definition) is 1. The van der Waals surface area contributed by atoms with Gasteiger partial charge in [-0.2, -0.15) is 0 Å². The van der Waals surface area contributed by atoms with Crippen LogP contribution in [0.4, 0.5) is 5.69 Å². The van der Waals surface area contributed by atoms with Crippen LogP contribution in [0.2, 0.25) is 0 Å². The molecule has 0 radical (unpaired) electrons. The number of halogens is 1. The molecule has 0 amide bonds. The van der Waals surface area contributed by atoms with Gasteiger partial charge in [0.2, 0.25) is 0 Å². The highest BCUT2D eigenvalue weighted by atomic mass is 79.9. The molecule has 112 valence electrons. The van der Waals surface area contributed by atoms with E-state index in [1.165, 1.54) is 22.1 Å². The first kappa shape index (κ1) is 15.8. The molecule has 0 spiro atoms. The van der Waals surface area contributed by atoms with E-state index in [-0.39, 0.29) is 0 Å². The van der Waals surface area contributed by atoms with Crippen LogP contribution in [0.5, 0.6) is 0 Å². The second-order valence-electron chi connectivity index (χ2n) is 5.71. The summed E-state index contributed by atoms with van der Waals surface area (Å²) < 4.78 is 1.21. The molecule has 0 aromatic heterocycles. The molecule has 1 N–H and O–H groups in total. The second kappa shape index (κ2) is 6.92. The van der Waals surface area contributed by atoms with Crippen LogP contribution in [0.25, 0.3) is 0 Å². The number of hydrogen-bond acceptors (Lipinski definition) is 3. The first-order valence-electron chi connectivity index (χ1n) is 7.48. The molecule has 2 unspecified atom stereocenters. The van der Waals surface area contributed by atoms with Crippen molar-refractivity contribution in [3.63, 3.8) is 0 Å². The molecule has 1 aliphatic rings. The van der Waals surface area contributed by atoms with Crippen molar-refractivity contribution in [3.8, 4) is 0 Å². The predicted octanol–water partition coefficient (Wildman–Crippen LogP) is 3.26. The summed E-state index contributed by atoms with van der Waals surface area (Å²) in [6, 6.07) is 7.78. The van der Waals surface area contributed by atoms with Gasteiger partial charge in [0.25, 0.3) is 0 Å². The molecule has 20 heavy (non-hydrogen) atoms. The molecule has 0 aliphatic carbocycles. The van der Waals surface area contributed by atoms with Gasteiger partial charge in [0.05, 0.1) is 5.69 Å². The first-order valence-corrected chi connectivity index (χ1v) is 8.28. The molecule has 1 aliphatic heterocycles. The smallest absolute Gasteiger partial charge is 0.0511 e. The van der Waals surface area contributed by atoms with Crippen molar-refractivity contribution in [1.29, 1.82) is 0 Å². The fraction of sp³-hybridized carbons (Fsp3) is 0.625. The van der Waals surface area contributed by atoms with Gasteiger partial charge < -0.3 is 10.2 Å². The minimum Gasteiger partial charge on any atom is -0.368 e. The quantitative estimate of drug-likeness (QED) is 0.908. The number of benzene rings is 1. The predicted molar refractivity (Wildman–Crippen MR) is 90.5 cm³/mol. The van der Waals surface area contributed by atoms with Gasteiger partial charge in [0.1, 0.15) is 0 Å². The Morgan fingerprint density at radius 1 is 1.40 bits per heavy atom. The number of nitrogens with one attached hydrogen (secondary N) is 1. The molecule has 1 aromatic rings. The fourth-order valence-corrected chi connectivity index (χ4v) is 3.47. The van der Waals surface area contributed by atoms with Gasteiger partial charge in [0.15, 0.2) is 0 Å². The zero-order valence-corrected chi connectivity index (χ0v) is 14.6. The lowest BCUT2D eigenvalue weighted by atomic mass is 10.1. The Morgan fingerprint density at radius 3 is 2.75 bits per heavy atom. The van der Waals surface area contributed by atoms with E-state index in [1.54, 1.807) is 0 Å². The molecule has 1 heterocycles. The minimum atomic E-state index is 0.385. The SMILES string of the molecule is CCC1CN(c2ccc(C(C)NC)cc2Br)CCN1C. The summed E-state index contributed by atoms with van der Waals surface area (Å²) >= 11 is 3.75. The maximum Gasteiger partial charge on any atom is 0.0511 e. The Labute approximate surface area is 131 Å². The monoisotopic (exact) mass is 339 g/mol. The summed E-state index contributed by atoms with van der Waals surface area (Å²) in [6.07, 6.45) is 1.21. The van der Waals surface area contributed by atoms with Crippen molar-refractivity contribution in [2.75, 3.05) is 38.6 Å². The Balaban J connectivity index is 2.17. The van der Waals surface area contributed by atoms with E-state index in [0.717, 1.165) is 19.6 Å². The Hall–Kier alpha value is -0.580. The van der Waals surface area contributed by atoms with E-state index in [9.17, 15) is 0 Å². The maximum atomic E-state index is 3.75. The van der Waals surface area contributed by atoms with Crippen LogP contribution in [-0.2, 0) is 0 Å². The maximum absolute atomic E-state index is 3.75. The zero-order valence-electron chi connectivity index (χ0n) is 13.0. The molecule has 1 aromatic carbocycles. The van der Waals surface area contributed by atoms with Gasteiger partial charge in [-0.25, -0.2) is 0 Å². The highest BCUT2D eigenvalue weighted by Crippen LogP contribution is 2.31. The highest BCUT2D eigenvalue weighted by molar-refractivity contribution is 9.10. The van der Waals surface area contributed by atoms with E-state index in [4.69, 9.17) is 0 Å². The molecule has 4 heteroatoms. The molecule has 0 bridgehead atoms. The van der Waals surface area contributed by atoms with Crippen molar-refractivity contribution in [2.24, 2.45) is 0 Å². The van der Waals surface area contributed by atoms with Gasteiger partial charge in [-0.05, 0) is 61.1 Å². The third kappa shape index (κ3) is 3.35. The lowest BCUT2D eigenvalue weighted by Crippen LogP contribution is -2.51. The summed E-state index contributed by atoms with van der Waals surface area (Å²) in [7, 11) is 4.23. The van der Waals surface area contributed by atoms with E-state index in [0.29, 0.717) is 12.1 Å². The molecular weight excluding hydrogens is 314 g/mol. The van der Waals surface area contributed by atoms with Crippen LogP contribution in [-0.4, -0.2) is 44.7 Å². The average molecular weight is 340 g/mol. The number of rotatable bonds is 4. The van der Waals surface area contributed by atoms with Gasteiger partial charge in [-0.15, -0.1) is 0 Å². The van der Waals surface area contributed by atoms with Crippen LogP contribution >= 0.6 is 15.9 Å². The van der Waals surface area contributed by atoms with E-state index in [2.05, 4.69) is 70.1 Å². The van der Waals surface area contributed by atoms with Crippen molar-refractivity contribution in [2.45, 2.75) is 32.4 Å². The third-order valence-corrected chi connectivity index (χ3v) is 5.13. The van der Waals surface area contributed by atoms with Gasteiger partial charge in [0, 0.05) is 36.2 Å². The van der Waals surface area contributed by atoms with Gasteiger partial charge in [-0.1, -0.05) is 13.0 Å². The van der Waals surface area contributed by atoms with Crippen molar-refractivity contribution < 1.29 is 0 Å². The largest absolute Gasteiger partial charge is 0.368 e. The molecule has 1 fully saturated rings. The minimum absolute atomic E-state index is 0.385. The van der Waals surface area contributed by atoms with Crippen LogP contribution in [0.15, 0.2) is 22.7 Å². The lowest BCUT2D eigenvalue weighted by molar-refractivity contribution is 0.213. The van der Waals surface area contributed by atoms with E-state index < -0.39 is 0 Å². The summed E-state index contributed by atoms with van der Waals surface area (Å²) in [5.41, 5.74) is 2.65. The van der Waals surface area contributed by atoms with Crippen LogP contribution in [0, 0.1) is 0 Å². The second-order valence-corrected chi connectivity index (χ2v) is 6.56. The fourth-order valence-electron chi connectivity index (χ4n) is 2.82. The summed E-state index contributed by atoms with van der Waals surface area (Å²) in [6.45, 7) is 7.82. The molecule has 1 saturated heterocycles.